The molecule has 2 nitrogen and oxygen atoms in total. The molecule has 0 amide bonds. The van der Waals surface area contributed by atoms with Crippen LogP contribution in [0.5, 0.6) is 0 Å². The molecule has 0 heterocycles. The van der Waals surface area contributed by atoms with Gasteiger partial charge in [-0.05, 0) is 69.7 Å². The summed E-state index contributed by atoms with van der Waals surface area (Å²) in [6.07, 6.45) is 5.30. The van der Waals surface area contributed by atoms with Gasteiger partial charge in [0.2, 0.25) is 0 Å². The lowest BCUT2D eigenvalue weighted by molar-refractivity contribution is 0.0847. The van der Waals surface area contributed by atoms with Gasteiger partial charge in [-0.2, -0.15) is 0 Å². The van der Waals surface area contributed by atoms with E-state index >= 15 is 0 Å². The summed E-state index contributed by atoms with van der Waals surface area (Å²) in [5, 5.41) is 9.55. The highest BCUT2D eigenvalue weighted by Crippen LogP contribution is 2.22. The van der Waals surface area contributed by atoms with Crippen LogP contribution in [0, 0.1) is 13.8 Å². The van der Waals surface area contributed by atoms with Gasteiger partial charge in [0.1, 0.15) is 0 Å². The maximum atomic E-state index is 9.55. The Bertz CT molecular complexity index is 408. The average Bonchev–Trinajstić information content (AvgIpc) is 2.40. The average molecular weight is 261 g/mol. The Hall–Kier alpha value is -0.860. The van der Waals surface area contributed by atoms with Crippen LogP contribution in [0.25, 0.3) is 0 Å². The Kier molecular flexibility index (Phi) is 5.00. The fraction of sp³-hybridized carbons (Fsp3) is 0.647. The molecule has 1 aliphatic rings. The van der Waals surface area contributed by atoms with E-state index in [9.17, 15) is 5.11 Å². The summed E-state index contributed by atoms with van der Waals surface area (Å²) >= 11 is 0. The molecule has 1 aromatic rings. The molecule has 0 unspecified atom stereocenters. The van der Waals surface area contributed by atoms with Crippen LogP contribution in [0.1, 0.15) is 42.4 Å². The van der Waals surface area contributed by atoms with Crippen molar-refractivity contribution >= 4 is 0 Å². The first-order chi connectivity index (χ1) is 9.06. The Morgan fingerprint density at radius 3 is 2.42 bits per heavy atom. The maximum absolute atomic E-state index is 9.55. The molecule has 0 atom stereocenters. The third kappa shape index (κ3) is 4.05. The van der Waals surface area contributed by atoms with E-state index in [1.807, 2.05) is 0 Å². The van der Waals surface area contributed by atoms with Crippen molar-refractivity contribution in [1.82, 2.24) is 4.90 Å². The molecule has 106 valence electrons. The lowest BCUT2D eigenvalue weighted by Gasteiger charge is -2.33. The number of aryl methyl sites for hydroxylation is 2. The molecule has 0 radical (unpaired) electrons. The molecule has 0 bridgehead atoms. The number of hydrogen-bond donors (Lipinski definition) is 1. The fourth-order valence-corrected chi connectivity index (χ4v) is 2.95. The van der Waals surface area contributed by atoms with E-state index in [1.54, 1.807) is 0 Å². The van der Waals surface area contributed by atoms with E-state index < -0.39 is 0 Å². The van der Waals surface area contributed by atoms with Crippen LogP contribution in [0.3, 0.4) is 0 Å². The van der Waals surface area contributed by atoms with Crippen molar-refractivity contribution in [3.05, 3.63) is 34.9 Å². The lowest BCUT2D eigenvalue weighted by Crippen LogP contribution is -2.37. The first-order valence-electron chi connectivity index (χ1n) is 7.50. The molecule has 0 aromatic heterocycles. The normalized spacial score (nSPS) is 23.8. The molecule has 1 fully saturated rings. The second kappa shape index (κ2) is 6.53. The van der Waals surface area contributed by atoms with E-state index in [1.165, 1.54) is 16.7 Å². The molecule has 1 N–H and O–H groups in total. The number of rotatable bonds is 4. The Balaban J connectivity index is 1.82. The Morgan fingerprint density at radius 1 is 1.11 bits per heavy atom. The van der Waals surface area contributed by atoms with Gasteiger partial charge >= 0.3 is 0 Å². The number of aliphatic hydroxyl groups excluding tert-OH is 1. The van der Waals surface area contributed by atoms with Gasteiger partial charge in [0.25, 0.3) is 0 Å². The summed E-state index contributed by atoms with van der Waals surface area (Å²) in [6, 6.07) is 7.45. The predicted molar refractivity (Wildman–Crippen MR) is 80.5 cm³/mol. The summed E-state index contributed by atoms with van der Waals surface area (Å²) in [5.74, 6) is 0. The summed E-state index contributed by atoms with van der Waals surface area (Å²) in [4.78, 5) is 2.47. The molecule has 1 aliphatic carbocycles. The first-order valence-corrected chi connectivity index (χ1v) is 7.50. The zero-order valence-electron chi connectivity index (χ0n) is 12.5. The van der Waals surface area contributed by atoms with Crippen molar-refractivity contribution in [2.75, 3.05) is 13.6 Å². The monoisotopic (exact) mass is 261 g/mol. The minimum atomic E-state index is -0.0515. The number of likely N-dealkylation sites (N-methyl/N-ethyl adjacent to an activating group) is 1. The number of benzene rings is 1. The Morgan fingerprint density at radius 2 is 1.79 bits per heavy atom. The molecule has 2 heteroatoms. The van der Waals surface area contributed by atoms with Crippen LogP contribution < -0.4 is 0 Å². The van der Waals surface area contributed by atoms with Crippen molar-refractivity contribution < 1.29 is 5.11 Å². The second-order valence-electron chi connectivity index (χ2n) is 6.11. The molecule has 1 aromatic carbocycles. The van der Waals surface area contributed by atoms with E-state index in [0.29, 0.717) is 6.04 Å². The third-order valence-electron chi connectivity index (χ3n) is 4.61. The quantitative estimate of drug-likeness (QED) is 0.900. The topological polar surface area (TPSA) is 23.5 Å². The molecular weight excluding hydrogens is 234 g/mol. The van der Waals surface area contributed by atoms with Gasteiger partial charge in [0.05, 0.1) is 6.10 Å². The van der Waals surface area contributed by atoms with Gasteiger partial charge in [0, 0.05) is 12.6 Å². The highest BCUT2D eigenvalue weighted by molar-refractivity contribution is 5.30. The van der Waals surface area contributed by atoms with E-state index in [-0.39, 0.29) is 6.10 Å². The van der Waals surface area contributed by atoms with Crippen LogP contribution in [0.2, 0.25) is 0 Å². The summed E-state index contributed by atoms with van der Waals surface area (Å²) in [6.45, 7) is 5.47. The van der Waals surface area contributed by atoms with Gasteiger partial charge in [0.15, 0.2) is 0 Å². The molecule has 2 rings (SSSR count). The first kappa shape index (κ1) is 14.5. The Labute approximate surface area is 117 Å². The van der Waals surface area contributed by atoms with Crippen LogP contribution in [-0.2, 0) is 6.42 Å². The minimum Gasteiger partial charge on any atom is -0.393 e. The van der Waals surface area contributed by atoms with Crippen molar-refractivity contribution in [2.45, 2.75) is 58.1 Å². The van der Waals surface area contributed by atoms with Crippen LogP contribution in [0.4, 0.5) is 0 Å². The van der Waals surface area contributed by atoms with Gasteiger partial charge in [-0.25, -0.2) is 0 Å². The van der Waals surface area contributed by atoms with E-state index in [0.717, 1.165) is 38.6 Å². The molecule has 1 saturated carbocycles. The summed E-state index contributed by atoms with van der Waals surface area (Å²) < 4.78 is 0. The third-order valence-corrected chi connectivity index (χ3v) is 4.61. The standard InChI is InChI=1S/C17H27NO/c1-13-4-5-15(12-14(13)2)10-11-18(3)16-6-8-17(19)9-7-16/h4-5,12,16-17,19H,6-11H2,1-3H3. The summed E-state index contributed by atoms with van der Waals surface area (Å²) in [5.41, 5.74) is 4.20. The highest BCUT2D eigenvalue weighted by atomic mass is 16.3. The van der Waals surface area contributed by atoms with Crippen molar-refractivity contribution in [2.24, 2.45) is 0 Å². The highest BCUT2D eigenvalue weighted by Gasteiger charge is 2.22. The zero-order valence-corrected chi connectivity index (χ0v) is 12.5. The largest absolute Gasteiger partial charge is 0.393 e. The van der Waals surface area contributed by atoms with Crippen LogP contribution in [0.15, 0.2) is 18.2 Å². The van der Waals surface area contributed by atoms with Gasteiger partial charge in [-0.15, -0.1) is 0 Å². The predicted octanol–water partition coefficient (Wildman–Crippen LogP) is 3.08. The van der Waals surface area contributed by atoms with Crippen LogP contribution >= 0.6 is 0 Å². The summed E-state index contributed by atoms with van der Waals surface area (Å²) in [7, 11) is 2.23. The smallest absolute Gasteiger partial charge is 0.0541 e. The van der Waals surface area contributed by atoms with Crippen LogP contribution in [-0.4, -0.2) is 35.7 Å². The van der Waals surface area contributed by atoms with Gasteiger partial charge in [-0.1, -0.05) is 18.2 Å². The van der Waals surface area contributed by atoms with Crippen molar-refractivity contribution in [3.8, 4) is 0 Å². The fourth-order valence-electron chi connectivity index (χ4n) is 2.95. The van der Waals surface area contributed by atoms with Gasteiger partial charge in [-0.3, -0.25) is 0 Å². The molecule has 0 saturated heterocycles. The zero-order chi connectivity index (χ0) is 13.8. The molecule has 19 heavy (non-hydrogen) atoms. The van der Waals surface area contributed by atoms with E-state index in [2.05, 4.69) is 44.0 Å². The lowest BCUT2D eigenvalue weighted by atomic mass is 9.92. The maximum Gasteiger partial charge on any atom is 0.0541 e. The number of hydrogen-bond acceptors (Lipinski definition) is 2. The molecule has 0 aliphatic heterocycles. The van der Waals surface area contributed by atoms with Gasteiger partial charge < -0.3 is 10.0 Å². The van der Waals surface area contributed by atoms with Crippen molar-refractivity contribution in [3.63, 3.8) is 0 Å². The minimum absolute atomic E-state index is 0.0515. The number of aliphatic hydroxyl groups is 1. The SMILES string of the molecule is Cc1ccc(CCN(C)C2CCC(O)CC2)cc1C. The molecule has 0 spiro atoms. The van der Waals surface area contributed by atoms with Crippen molar-refractivity contribution in [1.29, 1.82) is 0 Å². The number of nitrogens with zero attached hydrogens (tertiary/aromatic N) is 1. The molecular formula is C17H27NO. The van der Waals surface area contributed by atoms with E-state index in [4.69, 9.17) is 0 Å². The second-order valence-corrected chi connectivity index (χ2v) is 6.11.